The van der Waals surface area contributed by atoms with Crippen LogP contribution in [0.25, 0.3) is 43.9 Å². The average molecular weight is 1520 g/mol. The SMILES string of the molecule is CCCCCCCCCCCCOc1ccc(-c2nc3c4c(c5sc(C(C)(C)N)cc5c3n2CCCCCCCCCCCC)SC(c2ccc(C3=C5C(=O)N(CC(CCCCCC)CCCCCCCC)C(c6ccc(C(C)(C)C)s6)=C5C(=O)N3CC(CCCCCC)CCCCCCCC)s2)C4)cc1. The number of benzene rings is 2. The van der Waals surface area contributed by atoms with E-state index in [0.29, 0.717) is 36.1 Å². The third-order valence-corrected chi connectivity index (χ3v) is 29.2. The lowest BCUT2D eigenvalue weighted by molar-refractivity contribution is -0.124. The van der Waals surface area contributed by atoms with Crippen molar-refractivity contribution in [3.05, 3.63) is 95.7 Å². The Balaban J connectivity index is 1.10. The summed E-state index contributed by atoms with van der Waals surface area (Å²) in [7, 11) is 0. The number of unbranched alkanes of at least 4 members (excludes halogenated alkanes) is 34. The van der Waals surface area contributed by atoms with Crippen LogP contribution in [0.2, 0.25) is 0 Å². The van der Waals surface area contributed by atoms with E-state index in [-0.39, 0.29) is 22.5 Å². The van der Waals surface area contributed by atoms with Crippen LogP contribution in [0.1, 0.15) is 394 Å². The van der Waals surface area contributed by atoms with Gasteiger partial charge in [-0.15, -0.1) is 45.8 Å². The highest BCUT2D eigenvalue weighted by atomic mass is 32.2. The van der Waals surface area contributed by atoms with Crippen LogP contribution in [-0.4, -0.2) is 50.9 Å². The van der Waals surface area contributed by atoms with Gasteiger partial charge in [-0.25, -0.2) is 4.98 Å². The fourth-order valence-electron chi connectivity index (χ4n) is 16.8. The first-order valence-corrected chi connectivity index (χ1v) is 47.4. The van der Waals surface area contributed by atoms with Gasteiger partial charge in [0.15, 0.2) is 0 Å². The second kappa shape index (κ2) is 44.7. The maximum atomic E-state index is 16.4. The summed E-state index contributed by atoms with van der Waals surface area (Å²) in [4.78, 5) is 50.2. The molecule has 588 valence electrons. The summed E-state index contributed by atoms with van der Waals surface area (Å²) < 4.78 is 10.4. The van der Waals surface area contributed by atoms with Crippen molar-refractivity contribution in [1.82, 2.24) is 19.4 Å². The number of fused-ring (bicyclic) bond motifs is 7. The number of imidazole rings is 1. The molecule has 2 amide bonds. The predicted octanol–water partition coefficient (Wildman–Crippen LogP) is 29.6. The molecule has 106 heavy (non-hydrogen) atoms. The molecule has 4 aromatic heterocycles. The fraction of sp³-hybridized carbons (Fsp3) is 0.691. The highest BCUT2D eigenvalue weighted by Gasteiger charge is 2.50. The molecular formula is C94H145N5O3S4. The highest BCUT2D eigenvalue weighted by molar-refractivity contribution is 8.00. The summed E-state index contributed by atoms with van der Waals surface area (Å²) in [5, 5.41) is 1.39. The monoisotopic (exact) mass is 1520 g/mol. The number of carbonyl (C=O) groups excluding carboxylic acids is 2. The maximum Gasteiger partial charge on any atom is 0.261 e. The molecule has 2 aromatic carbocycles. The first-order valence-electron chi connectivity index (χ1n) is 44.1. The first-order chi connectivity index (χ1) is 51.5. The van der Waals surface area contributed by atoms with Gasteiger partial charge in [-0.2, -0.15) is 0 Å². The molecule has 8 nitrogen and oxygen atoms in total. The molecule has 12 heteroatoms. The zero-order valence-electron chi connectivity index (χ0n) is 68.8. The minimum Gasteiger partial charge on any atom is -0.494 e. The Morgan fingerprint density at radius 3 is 1.37 bits per heavy atom. The molecule has 9 rings (SSSR count). The molecule has 2 N–H and O–H groups in total. The molecule has 0 saturated carbocycles. The van der Waals surface area contributed by atoms with Crippen LogP contribution in [0.4, 0.5) is 0 Å². The van der Waals surface area contributed by atoms with E-state index in [9.17, 15) is 0 Å². The molecule has 3 aliphatic heterocycles. The van der Waals surface area contributed by atoms with Crippen molar-refractivity contribution >= 4 is 90.1 Å². The smallest absolute Gasteiger partial charge is 0.261 e. The van der Waals surface area contributed by atoms with Crippen molar-refractivity contribution in [2.45, 2.75) is 393 Å². The van der Waals surface area contributed by atoms with Crippen molar-refractivity contribution in [1.29, 1.82) is 0 Å². The van der Waals surface area contributed by atoms with Gasteiger partial charge >= 0.3 is 0 Å². The lowest BCUT2D eigenvalue weighted by atomic mass is 9.93. The average Bonchev–Trinajstić information content (AvgIpc) is 1.56. The zero-order chi connectivity index (χ0) is 75.3. The number of aromatic nitrogens is 2. The normalized spacial score (nSPS) is 15.5. The highest BCUT2D eigenvalue weighted by Crippen LogP contribution is 2.58. The molecule has 7 heterocycles. The van der Waals surface area contributed by atoms with Gasteiger partial charge in [-0.1, -0.05) is 306 Å². The van der Waals surface area contributed by atoms with Crippen LogP contribution in [0, 0.1) is 11.8 Å². The van der Waals surface area contributed by atoms with Crippen LogP contribution in [0.15, 0.2) is 70.6 Å². The number of rotatable bonds is 56. The van der Waals surface area contributed by atoms with E-state index < -0.39 is 5.54 Å². The van der Waals surface area contributed by atoms with Gasteiger partial charge in [0.2, 0.25) is 0 Å². The number of amides is 2. The lowest BCUT2D eigenvalue weighted by Crippen LogP contribution is -2.34. The quantitative estimate of drug-likeness (QED) is 0.0383. The zero-order valence-corrected chi connectivity index (χ0v) is 72.1. The molecular weight excluding hydrogens is 1380 g/mol. The summed E-state index contributed by atoms with van der Waals surface area (Å²) in [6, 6.07) is 20.5. The van der Waals surface area contributed by atoms with E-state index in [2.05, 4.69) is 145 Å². The van der Waals surface area contributed by atoms with Gasteiger partial charge in [-0.3, -0.25) is 9.59 Å². The summed E-state index contributed by atoms with van der Waals surface area (Å²) >= 11 is 7.52. The number of nitrogens with two attached hydrogens (primary N) is 1. The minimum absolute atomic E-state index is 0.0351. The summed E-state index contributed by atoms with van der Waals surface area (Å²) in [6.07, 6.45) is 56.0. The van der Waals surface area contributed by atoms with Gasteiger partial charge in [0, 0.05) is 60.9 Å². The second-order valence-electron chi connectivity index (χ2n) is 34.2. The third kappa shape index (κ3) is 24.2. The molecule has 3 unspecified atom stereocenters. The predicted molar refractivity (Wildman–Crippen MR) is 464 cm³/mol. The van der Waals surface area contributed by atoms with Crippen molar-refractivity contribution in [3.63, 3.8) is 0 Å². The Morgan fingerprint density at radius 1 is 0.491 bits per heavy atom. The Kier molecular flexibility index (Phi) is 36.2. The van der Waals surface area contributed by atoms with E-state index in [1.165, 1.54) is 285 Å². The standard InChI is InChI=1S/C94H145N5O3S4/c1-12-18-24-30-34-36-38-40-44-50-64-97-85-75-67-81(94(10,11)95)106-89(75)88-74(84(85)96-90(97)72-56-58-73(59-57-72)102-65-51-45-41-39-37-35-31-25-19-13-2)66-79(105-88)76-60-61-77(103-76)86-82-83(92(101)98(86)68-70(52-46-28-22-16-5)54-48-42-32-26-20-14-3)87(78-62-63-80(104-78)93(7,8)9)99(91(82)100)69-71(53-47-29-23-17-6)55-49-43-33-27-21-15-4/h56-63,67,70-71,79H,12-55,64-66,68-69,95H2,1-11H3. The Bertz CT molecular complexity index is 3660. The van der Waals surface area contributed by atoms with E-state index in [1.807, 2.05) is 34.4 Å². The number of ether oxygens (including phenoxy) is 1. The van der Waals surface area contributed by atoms with Gasteiger partial charge in [-0.05, 0) is 136 Å². The van der Waals surface area contributed by atoms with Crippen LogP contribution < -0.4 is 10.5 Å². The van der Waals surface area contributed by atoms with Gasteiger partial charge in [0.05, 0.1) is 54.6 Å². The fourth-order valence-corrected chi connectivity index (χ4v) is 22.0. The van der Waals surface area contributed by atoms with Crippen LogP contribution >= 0.6 is 45.8 Å². The number of thioether (sulfide) groups is 1. The molecule has 0 aliphatic carbocycles. The van der Waals surface area contributed by atoms with Crippen molar-refractivity contribution in [3.8, 4) is 17.1 Å². The Morgan fingerprint density at radius 2 is 0.915 bits per heavy atom. The summed E-state index contributed by atoms with van der Waals surface area (Å²) in [5.41, 5.74) is 14.4. The largest absolute Gasteiger partial charge is 0.494 e. The van der Waals surface area contributed by atoms with Crippen molar-refractivity contribution < 1.29 is 14.3 Å². The maximum absolute atomic E-state index is 16.4. The third-order valence-electron chi connectivity index (χ3n) is 23.3. The number of thiophene rings is 3. The molecule has 3 aliphatic rings. The Hall–Kier alpha value is -4.20. The van der Waals surface area contributed by atoms with E-state index in [4.69, 9.17) is 15.5 Å². The van der Waals surface area contributed by atoms with Crippen molar-refractivity contribution in [2.75, 3.05) is 19.7 Å². The molecule has 0 bridgehead atoms. The number of hydrogen-bond donors (Lipinski definition) is 1. The van der Waals surface area contributed by atoms with Crippen LogP contribution in [0.5, 0.6) is 5.75 Å². The number of carbonyl (C=O) groups is 2. The molecule has 0 fully saturated rings. The lowest BCUT2D eigenvalue weighted by Gasteiger charge is -2.29. The van der Waals surface area contributed by atoms with Crippen LogP contribution in [0.3, 0.4) is 0 Å². The van der Waals surface area contributed by atoms with Crippen molar-refractivity contribution in [2.24, 2.45) is 17.6 Å². The molecule has 0 spiro atoms. The Labute approximate surface area is 661 Å². The number of nitrogens with zero attached hydrogens (tertiary/aromatic N) is 4. The van der Waals surface area contributed by atoms with Gasteiger partial charge in [0.1, 0.15) is 11.6 Å². The molecule has 6 aromatic rings. The summed E-state index contributed by atoms with van der Waals surface area (Å²) in [5.74, 6) is 2.74. The number of hydrogen-bond acceptors (Lipinski definition) is 9. The van der Waals surface area contributed by atoms with E-state index >= 15 is 9.59 Å². The molecule has 0 radical (unpaired) electrons. The van der Waals surface area contributed by atoms with E-state index in [1.54, 1.807) is 11.3 Å². The van der Waals surface area contributed by atoms with Gasteiger partial charge < -0.3 is 24.8 Å². The number of aryl methyl sites for hydroxylation is 1. The summed E-state index contributed by atoms with van der Waals surface area (Å²) in [6.45, 7) is 28.0. The van der Waals surface area contributed by atoms with E-state index in [0.717, 1.165) is 102 Å². The minimum atomic E-state index is -0.521. The first kappa shape index (κ1) is 85.8. The molecule has 0 saturated heterocycles. The topological polar surface area (TPSA) is 93.7 Å². The van der Waals surface area contributed by atoms with Gasteiger partial charge in [0.25, 0.3) is 11.8 Å². The second-order valence-corrected chi connectivity index (χ2v) is 38.6. The van der Waals surface area contributed by atoms with Crippen LogP contribution in [-0.2, 0) is 33.5 Å². The molecule has 3 atom stereocenters.